The second kappa shape index (κ2) is 10.6. The Hall–Kier alpha value is -3.68. The zero-order valence-electron chi connectivity index (χ0n) is 19.7. The van der Waals surface area contributed by atoms with Crippen LogP contribution >= 0.6 is 0 Å². The van der Waals surface area contributed by atoms with E-state index in [0.717, 1.165) is 22.9 Å². The minimum Gasteiger partial charge on any atom is -0.369 e. The molecule has 3 aromatic rings. The van der Waals surface area contributed by atoms with Gasteiger partial charge in [-0.15, -0.1) is 0 Å². The monoisotopic (exact) mass is 546 g/mol. The van der Waals surface area contributed by atoms with Gasteiger partial charge in [0.05, 0.1) is 24.2 Å². The van der Waals surface area contributed by atoms with E-state index in [2.05, 4.69) is 4.98 Å². The molecule has 14 heteroatoms. The number of nitrogens with one attached hydrogen (secondary N) is 1. The van der Waals surface area contributed by atoms with Gasteiger partial charge in [-0.3, -0.25) is 14.2 Å². The van der Waals surface area contributed by atoms with Crippen LogP contribution in [0.2, 0.25) is 0 Å². The molecular weight excluding hydrogens is 525 g/mol. The molecule has 38 heavy (non-hydrogen) atoms. The third-order valence-corrected chi connectivity index (χ3v) is 6.06. The van der Waals surface area contributed by atoms with Crippen molar-refractivity contribution in [2.24, 2.45) is 0 Å². The fourth-order valence-corrected chi connectivity index (χ4v) is 4.08. The Morgan fingerprint density at radius 3 is 2.58 bits per heavy atom. The summed E-state index contributed by atoms with van der Waals surface area (Å²) in [6, 6.07) is 2.71. The number of pyridine rings is 2. The summed E-state index contributed by atoms with van der Waals surface area (Å²) in [5, 5.41) is 1.50. The van der Waals surface area contributed by atoms with E-state index in [0.29, 0.717) is 6.07 Å². The Labute approximate surface area is 210 Å². The van der Waals surface area contributed by atoms with Crippen molar-refractivity contribution < 1.29 is 40.3 Å². The number of carbonyl (C=O) groups excluding carboxylic acids is 1. The van der Waals surface area contributed by atoms with Gasteiger partial charge in [-0.25, -0.2) is 22.5 Å². The van der Waals surface area contributed by atoms with Crippen LogP contribution in [-0.2, 0) is 4.74 Å². The Morgan fingerprint density at radius 1 is 1.21 bits per heavy atom. The summed E-state index contributed by atoms with van der Waals surface area (Å²) >= 11 is 0. The van der Waals surface area contributed by atoms with E-state index in [1.165, 1.54) is 24.0 Å². The summed E-state index contributed by atoms with van der Waals surface area (Å²) in [6.45, 7) is 1.10. The lowest BCUT2D eigenvalue weighted by molar-refractivity contribution is -0.153. The lowest BCUT2D eigenvalue weighted by Crippen LogP contribution is -2.46. The van der Waals surface area contributed by atoms with Gasteiger partial charge in [0.25, 0.3) is 12.3 Å². The van der Waals surface area contributed by atoms with Gasteiger partial charge in [-0.1, -0.05) is 6.92 Å². The fourth-order valence-electron chi connectivity index (χ4n) is 4.08. The number of anilines is 1. The second-order valence-corrected chi connectivity index (χ2v) is 8.54. The Bertz CT molecular complexity index is 1410. The topological polar surface area (TPSA) is 76.5 Å². The largest absolute Gasteiger partial charge is 0.408 e. The lowest BCUT2D eigenvalue weighted by Gasteiger charge is -2.33. The first-order valence-corrected chi connectivity index (χ1v) is 11.4. The number of alkyl halides is 5. The van der Waals surface area contributed by atoms with Crippen LogP contribution in [0.5, 0.6) is 0 Å². The molecule has 2 unspecified atom stereocenters. The number of hydrogen-bond donors (Lipinski definition) is 1. The van der Waals surface area contributed by atoms with Crippen molar-refractivity contribution in [3.05, 3.63) is 63.9 Å². The van der Waals surface area contributed by atoms with Gasteiger partial charge >= 0.3 is 6.18 Å². The van der Waals surface area contributed by atoms with Crippen LogP contribution in [0.15, 0.2) is 41.3 Å². The van der Waals surface area contributed by atoms with Gasteiger partial charge in [-0.2, -0.15) is 13.2 Å². The number of fused-ring (bicyclic) bond motifs is 1. The van der Waals surface area contributed by atoms with Crippen LogP contribution in [0.3, 0.4) is 0 Å². The number of nitrogens with zero attached hydrogens (tertiary/aromatic N) is 3. The van der Waals surface area contributed by atoms with Crippen molar-refractivity contribution in [2.75, 3.05) is 24.6 Å². The number of ether oxygens (including phenoxy) is 1. The molecule has 2 atom stereocenters. The van der Waals surface area contributed by atoms with Crippen LogP contribution in [0.1, 0.15) is 23.7 Å². The summed E-state index contributed by atoms with van der Waals surface area (Å²) < 4.78 is 100. The summed E-state index contributed by atoms with van der Waals surface area (Å²) in [5.41, 5.74) is -2.30. The molecule has 7 nitrogen and oxygen atoms in total. The van der Waals surface area contributed by atoms with Crippen LogP contribution in [-0.4, -0.2) is 59.9 Å². The zero-order valence-corrected chi connectivity index (χ0v) is 19.7. The Kier molecular flexibility index (Phi) is 7.63. The molecule has 0 aliphatic carbocycles. The van der Waals surface area contributed by atoms with E-state index >= 15 is 0 Å². The molecular formula is C24H21F7N4O3. The predicted molar refractivity (Wildman–Crippen MR) is 123 cm³/mol. The average Bonchev–Trinajstić information content (AvgIpc) is 2.87. The van der Waals surface area contributed by atoms with Crippen LogP contribution < -0.4 is 15.6 Å². The highest BCUT2D eigenvalue weighted by atomic mass is 19.4. The van der Waals surface area contributed by atoms with Crippen LogP contribution in [0.4, 0.5) is 36.6 Å². The van der Waals surface area contributed by atoms with Crippen molar-refractivity contribution in [3.8, 4) is 5.69 Å². The third kappa shape index (κ3) is 5.44. The number of aromatic nitrogens is 2. The average molecular weight is 546 g/mol. The van der Waals surface area contributed by atoms with E-state index < -0.39 is 59.7 Å². The molecule has 3 heterocycles. The number of rotatable bonds is 6. The zero-order chi connectivity index (χ0) is 27.8. The highest BCUT2D eigenvalue weighted by molar-refractivity contribution is 5.97. The van der Waals surface area contributed by atoms with Gasteiger partial charge in [0.15, 0.2) is 5.65 Å². The molecule has 0 spiro atoms. The van der Waals surface area contributed by atoms with Gasteiger partial charge < -0.3 is 15.0 Å². The van der Waals surface area contributed by atoms with Crippen LogP contribution in [0.25, 0.3) is 16.7 Å². The SMILES string of the molecule is CCC(NC(=O)c1cn(-c2ccc(F)cc2F)c2nc(N3CCOC(C(F)F)C3)ccc2c1=O)C(F)(F)F. The standard InChI is InChI=1S/C24H21F7N4O3/c1-2-18(24(29,30)31)32-23(37)14-10-35(16-5-3-12(25)9-15(16)26)22-13(20(14)36)4-6-19(33-22)34-7-8-38-17(11-34)21(27)28/h3-6,9-10,17-18,21H,2,7-8,11H2,1H3,(H,32,37). The first-order valence-electron chi connectivity index (χ1n) is 11.4. The molecule has 0 bridgehead atoms. The number of amides is 1. The number of benzene rings is 1. The quantitative estimate of drug-likeness (QED) is 0.469. The molecule has 1 saturated heterocycles. The molecule has 1 fully saturated rings. The van der Waals surface area contributed by atoms with E-state index in [1.807, 2.05) is 0 Å². The van der Waals surface area contributed by atoms with Gasteiger partial charge in [-0.05, 0) is 30.7 Å². The molecule has 1 aliphatic heterocycles. The van der Waals surface area contributed by atoms with Crippen molar-refractivity contribution >= 4 is 22.8 Å². The minimum atomic E-state index is -4.78. The van der Waals surface area contributed by atoms with Crippen molar-refractivity contribution in [2.45, 2.75) is 38.1 Å². The molecule has 0 saturated carbocycles. The molecule has 2 aromatic heterocycles. The van der Waals surface area contributed by atoms with E-state index in [1.54, 1.807) is 5.32 Å². The van der Waals surface area contributed by atoms with Crippen molar-refractivity contribution in [3.63, 3.8) is 0 Å². The first-order chi connectivity index (χ1) is 17.9. The molecule has 1 N–H and O–H groups in total. The van der Waals surface area contributed by atoms with Crippen molar-refractivity contribution in [1.82, 2.24) is 14.9 Å². The first kappa shape index (κ1) is 27.4. The fraction of sp³-hybridized carbons (Fsp3) is 0.375. The maximum atomic E-state index is 14.8. The number of halogens is 7. The van der Waals surface area contributed by atoms with E-state index in [-0.39, 0.29) is 42.2 Å². The van der Waals surface area contributed by atoms with Gasteiger partial charge in [0, 0.05) is 18.8 Å². The van der Waals surface area contributed by atoms with Crippen molar-refractivity contribution in [1.29, 1.82) is 0 Å². The molecule has 1 aromatic carbocycles. The Morgan fingerprint density at radius 2 is 1.95 bits per heavy atom. The summed E-state index contributed by atoms with van der Waals surface area (Å²) in [7, 11) is 0. The summed E-state index contributed by atoms with van der Waals surface area (Å²) in [5.74, 6) is -3.26. The number of carbonyl (C=O) groups is 1. The summed E-state index contributed by atoms with van der Waals surface area (Å²) in [6.07, 6.45) is -8.64. The Balaban J connectivity index is 1.88. The summed E-state index contributed by atoms with van der Waals surface area (Å²) in [4.78, 5) is 31.7. The lowest BCUT2D eigenvalue weighted by atomic mass is 10.1. The maximum absolute atomic E-state index is 14.8. The molecule has 4 rings (SSSR count). The smallest absolute Gasteiger partial charge is 0.369 e. The van der Waals surface area contributed by atoms with Gasteiger partial charge in [0.2, 0.25) is 5.43 Å². The molecule has 1 amide bonds. The molecule has 0 radical (unpaired) electrons. The minimum absolute atomic E-state index is 0.0367. The van der Waals surface area contributed by atoms with E-state index in [9.17, 15) is 40.3 Å². The number of hydrogen-bond acceptors (Lipinski definition) is 5. The van der Waals surface area contributed by atoms with Gasteiger partial charge in [0.1, 0.15) is 35.2 Å². The van der Waals surface area contributed by atoms with E-state index in [4.69, 9.17) is 4.74 Å². The molecule has 1 aliphatic rings. The maximum Gasteiger partial charge on any atom is 0.408 e. The highest BCUT2D eigenvalue weighted by Gasteiger charge is 2.40. The highest BCUT2D eigenvalue weighted by Crippen LogP contribution is 2.26. The van der Waals surface area contributed by atoms with Crippen LogP contribution in [0, 0.1) is 11.6 Å². The normalized spacial score (nSPS) is 17.2. The second-order valence-electron chi connectivity index (χ2n) is 8.54. The predicted octanol–water partition coefficient (Wildman–Crippen LogP) is 4.20. The third-order valence-electron chi connectivity index (χ3n) is 6.06. The number of morpholine rings is 1. The molecule has 204 valence electrons.